The van der Waals surface area contributed by atoms with E-state index in [1.807, 2.05) is 0 Å². The molecule has 0 aliphatic carbocycles. The number of amides is 1. The van der Waals surface area contributed by atoms with Crippen molar-refractivity contribution < 1.29 is 9.18 Å². The number of hydrogen-bond acceptors (Lipinski definition) is 5. The Kier molecular flexibility index (Phi) is 3.01. The van der Waals surface area contributed by atoms with E-state index < -0.39 is 11.7 Å². The molecule has 0 aliphatic rings. The van der Waals surface area contributed by atoms with Gasteiger partial charge in [-0.15, -0.1) is 0 Å². The van der Waals surface area contributed by atoms with Gasteiger partial charge in [-0.05, 0) is 25.1 Å². The van der Waals surface area contributed by atoms with Gasteiger partial charge in [0.25, 0.3) is 5.91 Å². The van der Waals surface area contributed by atoms with Crippen molar-refractivity contribution in [2.24, 2.45) is 0 Å². The lowest BCUT2D eigenvalue weighted by Gasteiger charge is -2.02. The Morgan fingerprint density at radius 2 is 2.29 bits per heavy atom. The lowest BCUT2D eigenvalue weighted by molar-refractivity contribution is 0.102. The number of benzene rings is 1. The molecule has 7 heteroatoms. The van der Waals surface area contributed by atoms with Gasteiger partial charge in [0.1, 0.15) is 11.6 Å². The minimum atomic E-state index is -0.619. The number of hydrogen-bond donors (Lipinski definition) is 2. The number of carbonyl (C=O) groups is 1. The van der Waals surface area contributed by atoms with Gasteiger partial charge in [0, 0.05) is 17.1 Å². The zero-order valence-corrected chi connectivity index (χ0v) is 9.71. The molecule has 1 aromatic heterocycles. The van der Waals surface area contributed by atoms with Crippen molar-refractivity contribution in [3.05, 3.63) is 35.4 Å². The van der Waals surface area contributed by atoms with Crippen LogP contribution in [0.5, 0.6) is 0 Å². The molecule has 2 aromatic rings. The molecule has 0 fully saturated rings. The van der Waals surface area contributed by atoms with Gasteiger partial charge in [0.15, 0.2) is 0 Å². The third-order valence-electron chi connectivity index (χ3n) is 2.01. The van der Waals surface area contributed by atoms with Crippen LogP contribution >= 0.6 is 11.5 Å². The summed E-state index contributed by atoms with van der Waals surface area (Å²) >= 11 is 1.07. The molecule has 0 saturated carbocycles. The number of aromatic nitrogens is 2. The first-order chi connectivity index (χ1) is 8.06. The van der Waals surface area contributed by atoms with Crippen molar-refractivity contribution in [1.29, 1.82) is 0 Å². The molecule has 1 aromatic carbocycles. The maximum Gasteiger partial charge on any atom is 0.257 e. The largest absolute Gasteiger partial charge is 0.396 e. The highest BCUT2D eigenvalue weighted by atomic mass is 32.1. The average Bonchev–Trinajstić information content (AvgIpc) is 2.68. The summed E-state index contributed by atoms with van der Waals surface area (Å²) in [6.45, 7) is 1.72. The normalized spacial score (nSPS) is 10.2. The molecular weight excluding hydrogens is 243 g/mol. The summed E-state index contributed by atoms with van der Waals surface area (Å²) in [6.07, 6.45) is 0. The van der Waals surface area contributed by atoms with Gasteiger partial charge in [-0.2, -0.15) is 4.37 Å². The summed E-state index contributed by atoms with van der Waals surface area (Å²) in [6, 6.07) is 3.87. The number of aryl methyl sites for hydroxylation is 1. The van der Waals surface area contributed by atoms with E-state index in [2.05, 4.69) is 14.7 Å². The second-order valence-corrected chi connectivity index (χ2v) is 4.09. The fourth-order valence-corrected chi connectivity index (χ4v) is 1.76. The molecule has 0 spiro atoms. The van der Waals surface area contributed by atoms with Crippen molar-refractivity contribution in [3.8, 4) is 0 Å². The molecule has 0 saturated heterocycles. The third-order valence-corrected chi connectivity index (χ3v) is 2.73. The summed E-state index contributed by atoms with van der Waals surface area (Å²) < 4.78 is 17.1. The Balaban J connectivity index is 2.17. The average molecular weight is 252 g/mol. The molecule has 0 bridgehead atoms. The van der Waals surface area contributed by atoms with Crippen LogP contribution in [0.4, 0.5) is 15.2 Å². The van der Waals surface area contributed by atoms with E-state index in [-0.39, 0.29) is 11.3 Å². The van der Waals surface area contributed by atoms with Crippen LogP contribution in [0.25, 0.3) is 0 Å². The maximum absolute atomic E-state index is 13.2. The number of carbonyl (C=O) groups excluding carboxylic acids is 1. The van der Waals surface area contributed by atoms with Gasteiger partial charge in [0.2, 0.25) is 5.13 Å². The minimum Gasteiger partial charge on any atom is -0.396 e. The van der Waals surface area contributed by atoms with Gasteiger partial charge < -0.3 is 5.73 Å². The quantitative estimate of drug-likeness (QED) is 0.799. The van der Waals surface area contributed by atoms with Crippen LogP contribution in [0.2, 0.25) is 0 Å². The van der Waals surface area contributed by atoms with Gasteiger partial charge in [-0.1, -0.05) is 0 Å². The van der Waals surface area contributed by atoms with Crippen molar-refractivity contribution in [2.45, 2.75) is 6.92 Å². The van der Waals surface area contributed by atoms with E-state index in [9.17, 15) is 9.18 Å². The number of rotatable bonds is 2. The number of nitrogen functional groups attached to an aromatic ring is 1. The van der Waals surface area contributed by atoms with Crippen LogP contribution in [0, 0.1) is 12.7 Å². The van der Waals surface area contributed by atoms with E-state index in [0.29, 0.717) is 11.0 Å². The zero-order valence-electron chi connectivity index (χ0n) is 8.90. The van der Waals surface area contributed by atoms with Gasteiger partial charge in [-0.3, -0.25) is 10.1 Å². The van der Waals surface area contributed by atoms with Crippen molar-refractivity contribution >= 4 is 28.3 Å². The molecule has 0 radical (unpaired) electrons. The first-order valence-electron chi connectivity index (χ1n) is 4.73. The lowest BCUT2D eigenvalue weighted by Crippen LogP contribution is -2.12. The Morgan fingerprint density at radius 3 is 2.88 bits per heavy atom. The lowest BCUT2D eigenvalue weighted by atomic mass is 10.2. The van der Waals surface area contributed by atoms with Crippen LogP contribution in [-0.4, -0.2) is 15.3 Å². The van der Waals surface area contributed by atoms with E-state index >= 15 is 0 Å². The van der Waals surface area contributed by atoms with Crippen LogP contribution in [0.15, 0.2) is 18.2 Å². The maximum atomic E-state index is 13.2. The van der Waals surface area contributed by atoms with Gasteiger partial charge in [0.05, 0.1) is 5.69 Å². The molecule has 1 amide bonds. The molecule has 88 valence electrons. The van der Waals surface area contributed by atoms with Gasteiger partial charge >= 0.3 is 0 Å². The van der Waals surface area contributed by atoms with E-state index in [1.165, 1.54) is 12.1 Å². The highest BCUT2D eigenvalue weighted by molar-refractivity contribution is 7.09. The topological polar surface area (TPSA) is 80.9 Å². The molecule has 1 heterocycles. The molecule has 0 atom stereocenters. The van der Waals surface area contributed by atoms with Crippen molar-refractivity contribution in [1.82, 2.24) is 9.36 Å². The predicted octanol–water partition coefficient (Wildman–Crippen LogP) is 1.82. The first-order valence-corrected chi connectivity index (χ1v) is 5.50. The third kappa shape index (κ3) is 2.56. The number of nitrogens with one attached hydrogen (secondary N) is 1. The molecule has 0 aliphatic heterocycles. The first kappa shape index (κ1) is 11.5. The fourth-order valence-electron chi connectivity index (χ4n) is 1.19. The second-order valence-electron chi connectivity index (χ2n) is 3.34. The smallest absolute Gasteiger partial charge is 0.257 e. The fraction of sp³-hybridized carbons (Fsp3) is 0.100. The minimum absolute atomic E-state index is 0.00769. The molecule has 3 N–H and O–H groups in total. The predicted molar refractivity (Wildman–Crippen MR) is 63.4 cm³/mol. The summed E-state index contributed by atoms with van der Waals surface area (Å²) in [5.41, 5.74) is 5.51. The van der Waals surface area contributed by atoms with E-state index in [4.69, 9.17) is 5.73 Å². The van der Waals surface area contributed by atoms with E-state index in [1.54, 1.807) is 6.92 Å². The summed E-state index contributed by atoms with van der Waals surface area (Å²) in [5.74, 6) is -0.486. The van der Waals surface area contributed by atoms with Crippen LogP contribution < -0.4 is 11.1 Å². The Labute approximate surface area is 101 Å². The SMILES string of the molecule is Cc1nsc(NC(=O)c2ccc(N)c(F)c2)n1. The summed E-state index contributed by atoms with van der Waals surface area (Å²) in [4.78, 5) is 15.7. The zero-order chi connectivity index (χ0) is 12.4. The second kappa shape index (κ2) is 4.46. The Hall–Kier alpha value is -2.02. The van der Waals surface area contributed by atoms with Crippen LogP contribution in [0.1, 0.15) is 16.2 Å². The monoisotopic (exact) mass is 252 g/mol. The summed E-state index contributed by atoms with van der Waals surface area (Å²) in [5, 5.41) is 2.90. The van der Waals surface area contributed by atoms with Crippen molar-refractivity contribution in [3.63, 3.8) is 0 Å². The van der Waals surface area contributed by atoms with Gasteiger partial charge in [-0.25, -0.2) is 9.37 Å². The Bertz CT molecular complexity index is 569. The summed E-state index contributed by atoms with van der Waals surface area (Å²) in [7, 11) is 0. The highest BCUT2D eigenvalue weighted by Crippen LogP contribution is 2.15. The highest BCUT2D eigenvalue weighted by Gasteiger charge is 2.10. The number of anilines is 2. The molecular formula is C10H9FN4OS. The molecule has 5 nitrogen and oxygen atoms in total. The molecule has 0 unspecified atom stereocenters. The number of nitrogens with two attached hydrogens (primary N) is 1. The molecule has 2 rings (SSSR count). The van der Waals surface area contributed by atoms with Crippen LogP contribution in [-0.2, 0) is 0 Å². The molecule has 17 heavy (non-hydrogen) atoms. The van der Waals surface area contributed by atoms with E-state index in [0.717, 1.165) is 17.6 Å². The van der Waals surface area contributed by atoms with Crippen molar-refractivity contribution in [2.75, 3.05) is 11.1 Å². The standard InChI is InChI=1S/C10H9FN4OS/c1-5-13-10(17-15-5)14-9(16)6-2-3-8(12)7(11)4-6/h2-4H,12H2,1H3,(H,13,14,15,16). The number of nitrogens with zero attached hydrogens (tertiary/aromatic N) is 2. The Morgan fingerprint density at radius 1 is 1.53 bits per heavy atom. The number of halogens is 1. The van der Waals surface area contributed by atoms with Crippen LogP contribution in [0.3, 0.4) is 0 Å².